The average molecular weight is 383 g/mol. The third-order valence-corrected chi connectivity index (χ3v) is 12.2. The predicted molar refractivity (Wildman–Crippen MR) is 116 cm³/mol. The molecule has 0 amide bonds. The summed E-state index contributed by atoms with van der Waals surface area (Å²) in [6, 6.07) is 17.0. The van der Waals surface area contributed by atoms with Gasteiger partial charge >= 0.3 is 0 Å². The van der Waals surface area contributed by atoms with Crippen molar-refractivity contribution in [3.05, 3.63) is 59.7 Å². The lowest BCUT2D eigenvalue weighted by atomic mass is 9.97. The average Bonchev–Trinajstić information content (AvgIpc) is 2.65. The van der Waals surface area contributed by atoms with Crippen molar-refractivity contribution in [3.8, 4) is 11.5 Å². The zero-order chi connectivity index (χ0) is 19.6. The van der Waals surface area contributed by atoms with Crippen LogP contribution in [0.15, 0.2) is 48.5 Å². The molecule has 0 saturated heterocycles. The maximum absolute atomic E-state index is 6.85. The van der Waals surface area contributed by atoms with E-state index in [1.165, 1.54) is 11.1 Å². The number of ether oxygens (including phenoxy) is 1. The minimum atomic E-state index is -1.95. The molecule has 0 spiro atoms. The molecular formula is C24H34O2Si. The van der Waals surface area contributed by atoms with Gasteiger partial charge in [0.05, 0.1) is 0 Å². The summed E-state index contributed by atoms with van der Waals surface area (Å²) < 4.78 is 13.2. The van der Waals surface area contributed by atoms with Gasteiger partial charge in [-0.25, -0.2) is 0 Å². The molecule has 3 heteroatoms. The van der Waals surface area contributed by atoms with E-state index in [4.69, 9.17) is 9.16 Å². The topological polar surface area (TPSA) is 18.5 Å². The predicted octanol–water partition coefficient (Wildman–Crippen LogP) is 7.31. The van der Waals surface area contributed by atoms with Crippen molar-refractivity contribution < 1.29 is 9.16 Å². The summed E-state index contributed by atoms with van der Waals surface area (Å²) in [6.07, 6.45) is 2.21. The molecule has 2 aromatic carbocycles. The van der Waals surface area contributed by atoms with Crippen LogP contribution in [0.25, 0.3) is 0 Å². The molecule has 0 fully saturated rings. The lowest BCUT2D eigenvalue weighted by Gasteiger charge is -2.42. The van der Waals surface area contributed by atoms with E-state index in [0.29, 0.717) is 16.6 Å². The van der Waals surface area contributed by atoms with Crippen molar-refractivity contribution in [3.63, 3.8) is 0 Å². The van der Waals surface area contributed by atoms with Crippen LogP contribution >= 0.6 is 0 Å². The number of hydrogen-bond acceptors (Lipinski definition) is 2. The van der Waals surface area contributed by atoms with Gasteiger partial charge in [-0.05, 0) is 46.7 Å². The largest absolute Gasteiger partial charge is 0.543 e. The van der Waals surface area contributed by atoms with E-state index in [1.807, 2.05) is 0 Å². The summed E-state index contributed by atoms with van der Waals surface area (Å²) in [5.74, 6) is 1.97. The maximum atomic E-state index is 6.85. The Kier molecular flexibility index (Phi) is 6.00. The van der Waals surface area contributed by atoms with Crippen LogP contribution in [0.1, 0.15) is 65.2 Å². The second-order valence-electron chi connectivity index (χ2n) is 8.75. The number of fused-ring (bicyclic) bond motifs is 1. The van der Waals surface area contributed by atoms with E-state index in [-0.39, 0.29) is 6.10 Å². The number of hydrogen-bond donors (Lipinski definition) is 0. The van der Waals surface area contributed by atoms with Gasteiger partial charge in [0.25, 0.3) is 8.32 Å². The SMILES string of the molecule is CC(C)[Si](Oc1ccc2c(c1)OC(c1ccccc1)CC2)(C(C)C)C(C)C. The Bertz CT molecular complexity index is 730. The van der Waals surface area contributed by atoms with Gasteiger partial charge in [-0.3, -0.25) is 0 Å². The van der Waals surface area contributed by atoms with Gasteiger partial charge < -0.3 is 9.16 Å². The van der Waals surface area contributed by atoms with Crippen LogP contribution in [0, 0.1) is 0 Å². The molecule has 27 heavy (non-hydrogen) atoms. The van der Waals surface area contributed by atoms with Crippen molar-refractivity contribution in [2.75, 3.05) is 0 Å². The second kappa shape index (κ2) is 8.10. The van der Waals surface area contributed by atoms with Crippen LogP contribution in [-0.4, -0.2) is 8.32 Å². The highest BCUT2D eigenvalue weighted by Crippen LogP contribution is 2.44. The number of rotatable bonds is 6. The van der Waals surface area contributed by atoms with Crippen LogP contribution in [0.4, 0.5) is 0 Å². The van der Waals surface area contributed by atoms with E-state index in [2.05, 4.69) is 90.1 Å². The van der Waals surface area contributed by atoms with Crippen molar-refractivity contribution in [1.29, 1.82) is 0 Å². The summed E-state index contributed by atoms with van der Waals surface area (Å²) in [5.41, 5.74) is 4.23. The molecule has 3 rings (SSSR count). The molecule has 146 valence electrons. The van der Waals surface area contributed by atoms with Gasteiger partial charge in [0.2, 0.25) is 0 Å². The minimum absolute atomic E-state index is 0.135. The first-order chi connectivity index (χ1) is 12.8. The highest BCUT2D eigenvalue weighted by molar-refractivity contribution is 6.78. The molecule has 1 aliphatic heterocycles. The number of aryl methyl sites for hydroxylation is 1. The van der Waals surface area contributed by atoms with Crippen molar-refractivity contribution in [2.24, 2.45) is 0 Å². The van der Waals surface area contributed by atoms with Crippen LogP contribution < -0.4 is 9.16 Å². The van der Waals surface area contributed by atoms with Gasteiger partial charge in [0.1, 0.15) is 17.6 Å². The molecule has 0 bridgehead atoms. The Balaban J connectivity index is 1.87. The Labute approximate surface area is 166 Å². The molecule has 0 aliphatic carbocycles. The fourth-order valence-electron chi connectivity index (χ4n) is 4.87. The summed E-state index contributed by atoms with van der Waals surface area (Å²) in [4.78, 5) is 0. The molecule has 2 aromatic rings. The molecule has 0 saturated carbocycles. The molecule has 0 aromatic heterocycles. The summed E-state index contributed by atoms with van der Waals surface area (Å²) in [5, 5.41) is 0. The molecule has 1 atom stereocenters. The molecule has 1 unspecified atom stereocenters. The fourth-order valence-corrected chi connectivity index (χ4v) is 10.1. The van der Waals surface area contributed by atoms with Crippen molar-refractivity contribution in [1.82, 2.24) is 0 Å². The van der Waals surface area contributed by atoms with Crippen LogP contribution in [-0.2, 0) is 6.42 Å². The Hall–Kier alpha value is -1.74. The maximum Gasteiger partial charge on any atom is 0.258 e. The van der Waals surface area contributed by atoms with Crippen LogP contribution in [0.5, 0.6) is 11.5 Å². The van der Waals surface area contributed by atoms with Gasteiger partial charge in [0, 0.05) is 6.07 Å². The number of benzene rings is 2. The van der Waals surface area contributed by atoms with Crippen LogP contribution in [0.3, 0.4) is 0 Å². The van der Waals surface area contributed by atoms with Crippen molar-refractivity contribution >= 4 is 8.32 Å². The quantitative estimate of drug-likeness (QED) is 0.488. The second-order valence-corrected chi connectivity index (χ2v) is 14.1. The highest BCUT2D eigenvalue weighted by atomic mass is 28.4. The van der Waals surface area contributed by atoms with E-state index in [9.17, 15) is 0 Å². The van der Waals surface area contributed by atoms with Gasteiger partial charge in [-0.15, -0.1) is 0 Å². The molecule has 0 radical (unpaired) electrons. The standard InChI is InChI=1S/C24H34O2Si/c1-17(2)27(18(3)4,19(5)6)26-22-14-12-21-13-15-23(25-24(21)16-22)20-10-8-7-9-11-20/h7-12,14,16-19,23H,13,15H2,1-6H3. The summed E-state index contributed by atoms with van der Waals surface area (Å²) in [6.45, 7) is 14.0. The molecular weight excluding hydrogens is 348 g/mol. The molecule has 0 N–H and O–H groups in total. The zero-order valence-corrected chi connectivity index (χ0v) is 18.7. The molecule has 2 nitrogen and oxygen atoms in total. The van der Waals surface area contributed by atoms with Gasteiger partial charge in [0.15, 0.2) is 0 Å². The monoisotopic (exact) mass is 382 g/mol. The normalized spacial score (nSPS) is 17.1. The van der Waals surface area contributed by atoms with E-state index < -0.39 is 8.32 Å². The third kappa shape index (κ3) is 3.94. The first-order valence-electron chi connectivity index (χ1n) is 10.4. The molecule has 1 heterocycles. The first-order valence-corrected chi connectivity index (χ1v) is 12.5. The summed E-state index contributed by atoms with van der Waals surface area (Å²) in [7, 11) is -1.95. The lowest BCUT2D eigenvalue weighted by Crippen LogP contribution is -2.50. The lowest BCUT2D eigenvalue weighted by molar-refractivity contribution is 0.176. The molecule has 1 aliphatic rings. The zero-order valence-electron chi connectivity index (χ0n) is 17.7. The first kappa shape index (κ1) is 20.0. The van der Waals surface area contributed by atoms with Gasteiger partial charge in [-0.1, -0.05) is 77.9 Å². The Morgan fingerprint density at radius 1 is 0.889 bits per heavy atom. The van der Waals surface area contributed by atoms with Gasteiger partial charge in [-0.2, -0.15) is 0 Å². The summed E-state index contributed by atoms with van der Waals surface area (Å²) >= 11 is 0. The third-order valence-electron chi connectivity index (χ3n) is 6.16. The van der Waals surface area contributed by atoms with Crippen LogP contribution in [0.2, 0.25) is 16.6 Å². The van der Waals surface area contributed by atoms with Crippen molar-refractivity contribution in [2.45, 2.75) is 77.1 Å². The Morgan fingerprint density at radius 3 is 2.11 bits per heavy atom. The van der Waals surface area contributed by atoms with E-state index in [1.54, 1.807) is 0 Å². The highest BCUT2D eigenvalue weighted by Gasteiger charge is 2.47. The fraction of sp³-hybridized carbons (Fsp3) is 0.500. The minimum Gasteiger partial charge on any atom is -0.543 e. The smallest absolute Gasteiger partial charge is 0.258 e. The Morgan fingerprint density at radius 2 is 1.52 bits per heavy atom. The van der Waals surface area contributed by atoms with E-state index in [0.717, 1.165) is 24.3 Å². The van der Waals surface area contributed by atoms with E-state index >= 15 is 0 Å².